The lowest BCUT2D eigenvalue weighted by Gasteiger charge is -2.06. The number of halogens is 2. The first-order valence-corrected chi connectivity index (χ1v) is 6.52. The summed E-state index contributed by atoms with van der Waals surface area (Å²) in [6, 6.07) is 4.80. The number of carbonyl (C=O) groups is 1. The highest BCUT2D eigenvalue weighted by Crippen LogP contribution is 2.23. The molecule has 0 amide bonds. The van der Waals surface area contributed by atoms with Gasteiger partial charge < -0.3 is 5.73 Å². The molecular formula is C12H11BrClN3O. The second-order valence-electron chi connectivity index (χ2n) is 3.76. The zero-order chi connectivity index (χ0) is 13.3. The molecule has 6 heteroatoms. The minimum Gasteiger partial charge on any atom is -0.399 e. The first kappa shape index (κ1) is 13.1. The molecule has 0 spiro atoms. The summed E-state index contributed by atoms with van der Waals surface area (Å²) in [6.45, 7) is 2.53. The predicted molar refractivity (Wildman–Crippen MR) is 74.9 cm³/mol. The van der Waals surface area contributed by atoms with Crippen molar-refractivity contribution in [2.45, 2.75) is 13.5 Å². The molecule has 2 aromatic rings. The molecule has 18 heavy (non-hydrogen) atoms. The Morgan fingerprint density at radius 3 is 2.83 bits per heavy atom. The van der Waals surface area contributed by atoms with Crippen LogP contribution in [0.4, 0.5) is 5.69 Å². The first-order chi connectivity index (χ1) is 8.52. The molecule has 0 aliphatic rings. The third kappa shape index (κ3) is 2.42. The highest BCUT2D eigenvalue weighted by molar-refractivity contribution is 9.10. The normalized spacial score (nSPS) is 10.6. The summed E-state index contributed by atoms with van der Waals surface area (Å²) in [5, 5.41) is 4.55. The van der Waals surface area contributed by atoms with Crippen LogP contribution in [0.25, 0.3) is 0 Å². The number of rotatable bonds is 3. The van der Waals surface area contributed by atoms with Gasteiger partial charge >= 0.3 is 0 Å². The number of carbonyl (C=O) groups excluding carboxylic acids is 1. The number of aromatic nitrogens is 2. The number of benzene rings is 1. The summed E-state index contributed by atoms with van der Waals surface area (Å²) in [6.07, 6.45) is 1.60. The van der Waals surface area contributed by atoms with Crippen molar-refractivity contribution in [3.05, 3.63) is 45.1 Å². The van der Waals surface area contributed by atoms with Gasteiger partial charge in [-0.05, 0) is 41.1 Å². The van der Waals surface area contributed by atoms with Gasteiger partial charge in [0.05, 0.1) is 10.7 Å². The van der Waals surface area contributed by atoms with Crippen LogP contribution in [0.5, 0.6) is 0 Å². The molecule has 0 aliphatic carbocycles. The summed E-state index contributed by atoms with van der Waals surface area (Å²) in [4.78, 5) is 12.4. The van der Waals surface area contributed by atoms with Gasteiger partial charge in [-0.3, -0.25) is 9.48 Å². The van der Waals surface area contributed by atoms with E-state index >= 15 is 0 Å². The van der Waals surface area contributed by atoms with E-state index in [0.29, 0.717) is 33.0 Å². The fourth-order valence-electron chi connectivity index (χ4n) is 1.71. The van der Waals surface area contributed by atoms with Crippen LogP contribution < -0.4 is 5.73 Å². The van der Waals surface area contributed by atoms with E-state index in [1.807, 2.05) is 6.92 Å². The van der Waals surface area contributed by atoms with Gasteiger partial charge in [-0.1, -0.05) is 11.6 Å². The minimum atomic E-state index is -0.157. The van der Waals surface area contributed by atoms with Gasteiger partial charge in [0.25, 0.3) is 0 Å². The summed E-state index contributed by atoms with van der Waals surface area (Å²) in [5.74, 6) is -0.157. The number of hydrogen-bond acceptors (Lipinski definition) is 3. The summed E-state index contributed by atoms with van der Waals surface area (Å²) < 4.78 is 2.29. The molecule has 0 bridgehead atoms. The molecule has 0 radical (unpaired) electrons. The molecule has 94 valence electrons. The summed E-state index contributed by atoms with van der Waals surface area (Å²) in [7, 11) is 0. The molecule has 4 nitrogen and oxygen atoms in total. The predicted octanol–water partition coefficient (Wildman–Crippen LogP) is 3.13. The fourth-order valence-corrected chi connectivity index (χ4v) is 2.43. The van der Waals surface area contributed by atoms with Gasteiger partial charge in [0, 0.05) is 22.8 Å². The average Bonchev–Trinajstić information content (AvgIpc) is 2.68. The Morgan fingerprint density at radius 2 is 2.22 bits per heavy atom. The third-order valence-electron chi connectivity index (χ3n) is 2.49. The van der Waals surface area contributed by atoms with Crippen molar-refractivity contribution < 1.29 is 4.79 Å². The van der Waals surface area contributed by atoms with Crippen LogP contribution in [0.3, 0.4) is 0 Å². The Morgan fingerprint density at radius 1 is 1.50 bits per heavy atom. The van der Waals surface area contributed by atoms with Crippen LogP contribution in [0, 0.1) is 0 Å². The topological polar surface area (TPSA) is 60.9 Å². The highest BCUT2D eigenvalue weighted by Gasteiger charge is 2.18. The molecule has 1 aromatic heterocycles. The lowest BCUT2D eigenvalue weighted by atomic mass is 10.1. The second kappa shape index (κ2) is 5.12. The number of nitrogens with two attached hydrogens (primary N) is 1. The zero-order valence-corrected chi connectivity index (χ0v) is 12.0. The van der Waals surface area contributed by atoms with Gasteiger partial charge in [-0.2, -0.15) is 5.10 Å². The Balaban J connectivity index is 2.50. The lowest BCUT2D eigenvalue weighted by Crippen LogP contribution is -2.11. The maximum Gasteiger partial charge on any atom is 0.212 e. The van der Waals surface area contributed by atoms with Crippen molar-refractivity contribution in [2.24, 2.45) is 0 Å². The summed E-state index contributed by atoms with van der Waals surface area (Å²) in [5.41, 5.74) is 7.10. The molecule has 2 N–H and O–H groups in total. The standard InChI is InChI=1S/C12H11BrClN3O/c1-2-17-11(10(13)6-16-17)12(18)7-3-8(14)5-9(15)4-7/h3-6H,2,15H2,1H3. The maximum atomic E-state index is 12.4. The van der Waals surface area contributed by atoms with Crippen LogP contribution in [-0.2, 0) is 6.54 Å². The maximum absolute atomic E-state index is 12.4. The van der Waals surface area contributed by atoms with E-state index in [1.54, 1.807) is 29.1 Å². The van der Waals surface area contributed by atoms with Crippen molar-refractivity contribution in [1.29, 1.82) is 0 Å². The van der Waals surface area contributed by atoms with Crippen LogP contribution in [0.2, 0.25) is 5.02 Å². The molecule has 0 aliphatic heterocycles. The fraction of sp³-hybridized carbons (Fsp3) is 0.167. The SMILES string of the molecule is CCn1ncc(Br)c1C(=O)c1cc(N)cc(Cl)c1. The van der Waals surface area contributed by atoms with E-state index in [4.69, 9.17) is 17.3 Å². The van der Waals surface area contributed by atoms with E-state index in [9.17, 15) is 4.79 Å². The van der Waals surface area contributed by atoms with E-state index in [2.05, 4.69) is 21.0 Å². The number of anilines is 1. The molecule has 0 saturated carbocycles. The average molecular weight is 329 g/mol. The van der Waals surface area contributed by atoms with Crippen LogP contribution in [0.15, 0.2) is 28.9 Å². The van der Waals surface area contributed by atoms with Gasteiger partial charge in [-0.15, -0.1) is 0 Å². The lowest BCUT2D eigenvalue weighted by molar-refractivity contribution is 0.102. The van der Waals surface area contributed by atoms with Gasteiger partial charge in [0.2, 0.25) is 5.78 Å². The number of aryl methyl sites for hydroxylation is 1. The molecule has 0 fully saturated rings. The number of nitrogens with zero attached hydrogens (tertiary/aromatic N) is 2. The number of ketones is 1. The van der Waals surface area contributed by atoms with Crippen molar-refractivity contribution in [2.75, 3.05) is 5.73 Å². The van der Waals surface area contributed by atoms with Crippen LogP contribution in [0.1, 0.15) is 23.0 Å². The monoisotopic (exact) mass is 327 g/mol. The van der Waals surface area contributed by atoms with Crippen molar-refractivity contribution >= 4 is 39.0 Å². The highest BCUT2D eigenvalue weighted by atomic mass is 79.9. The van der Waals surface area contributed by atoms with E-state index in [0.717, 1.165) is 0 Å². The van der Waals surface area contributed by atoms with Gasteiger partial charge in [-0.25, -0.2) is 0 Å². The molecule has 0 saturated heterocycles. The van der Waals surface area contributed by atoms with Crippen LogP contribution in [-0.4, -0.2) is 15.6 Å². The second-order valence-corrected chi connectivity index (χ2v) is 5.05. The number of hydrogen-bond donors (Lipinski definition) is 1. The summed E-state index contributed by atoms with van der Waals surface area (Å²) >= 11 is 9.23. The Bertz CT molecular complexity index is 589. The Kier molecular flexibility index (Phi) is 3.73. The van der Waals surface area contributed by atoms with E-state index in [1.165, 1.54) is 0 Å². The molecule has 0 unspecified atom stereocenters. The molecular weight excluding hydrogens is 318 g/mol. The van der Waals surface area contributed by atoms with Gasteiger partial charge in [0.1, 0.15) is 5.69 Å². The third-order valence-corrected chi connectivity index (χ3v) is 3.29. The Hall–Kier alpha value is -1.33. The van der Waals surface area contributed by atoms with Gasteiger partial charge in [0.15, 0.2) is 0 Å². The molecule has 2 rings (SSSR count). The largest absolute Gasteiger partial charge is 0.399 e. The molecule has 1 heterocycles. The smallest absolute Gasteiger partial charge is 0.212 e. The first-order valence-electron chi connectivity index (χ1n) is 5.35. The van der Waals surface area contributed by atoms with Crippen molar-refractivity contribution in [3.63, 3.8) is 0 Å². The van der Waals surface area contributed by atoms with E-state index in [-0.39, 0.29) is 5.78 Å². The van der Waals surface area contributed by atoms with Crippen molar-refractivity contribution in [1.82, 2.24) is 9.78 Å². The minimum absolute atomic E-state index is 0.157. The van der Waals surface area contributed by atoms with E-state index < -0.39 is 0 Å². The quantitative estimate of drug-likeness (QED) is 0.695. The molecule has 0 atom stereocenters. The Labute approximate surface area is 118 Å². The number of nitrogen functional groups attached to an aromatic ring is 1. The zero-order valence-electron chi connectivity index (χ0n) is 9.65. The van der Waals surface area contributed by atoms with Crippen LogP contribution >= 0.6 is 27.5 Å². The van der Waals surface area contributed by atoms with Crippen molar-refractivity contribution in [3.8, 4) is 0 Å². The molecule has 1 aromatic carbocycles.